The summed E-state index contributed by atoms with van der Waals surface area (Å²) in [5, 5.41) is -0.279. The zero-order valence-corrected chi connectivity index (χ0v) is 15.7. The Balaban J connectivity index is 1.71. The summed E-state index contributed by atoms with van der Waals surface area (Å²) in [5.41, 5.74) is 4.49. The second-order valence-corrected chi connectivity index (χ2v) is 7.22. The summed E-state index contributed by atoms with van der Waals surface area (Å²) < 4.78 is 2.08. The summed E-state index contributed by atoms with van der Waals surface area (Å²) in [5.74, 6) is -0.289. The zero-order valence-electron chi connectivity index (χ0n) is 14.9. The predicted octanol–water partition coefficient (Wildman–Crippen LogP) is 4.73. The van der Waals surface area contributed by atoms with E-state index < -0.39 is 0 Å². The molecular formula is C21H17N3O2S. The number of para-hydroxylation sites is 1. The molecule has 0 bridgehead atoms. The number of nitrogens with zero attached hydrogens (tertiary/aromatic N) is 3. The van der Waals surface area contributed by atoms with Crippen molar-refractivity contribution in [1.29, 1.82) is 0 Å². The third-order valence-electron chi connectivity index (χ3n) is 4.47. The van der Waals surface area contributed by atoms with Gasteiger partial charge < -0.3 is 4.57 Å². The maximum atomic E-state index is 12.8. The van der Waals surface area contributed by atoms with Crippen LogP contribution in [-0.4, -0.2) is 20.7 Å². The lowest BCUT2D eigenvalue weighted by molar-refractivity contribution is -0.113. The Kier molecular flexibility index (Phi) is 4.41. The number of imide groups is 1. The number of pyridine rings is 1. The minimum Gasteiger partial charge on any atom is -0.316 e. The summed E-state index contributed by atoms with van der Waals surface area (Å²) in [6.45, 7) is 4.00. The van der Waals surface area contributed by atoms with Crippen LogP contribution in [0.25, 0.3) is 11.8 Å². The van der Waals surface area contributed by atoms with E-state index in [0.29, 0.717) is 10.6 Å². The molecule has 1 saturated heterocycles. The molecule has 0 unspecified atom stereocenters. The first-order chi connectivity index (χ1) is 13.1. The summed E-state index contributed by atoms with van der Waals surface area (Å²) in [6, 6.07) is 14.9. The molecule has 2 amide bonds. The topological polar surface area (TPSA) is 55.2 Å². The Bertz CT molecular complexity index is 1060. The highest BCUT2D eigenvalue weighted by molar-refractivity contribution is 8.19. The molecule has 1 fully saturated rings. The molecule has 0 atom stereocenters. The standard InChI is InChI=1S/C21H17N3O2S/c1-14-11-16(15(2)23(14)18-9-6-10-22-13-18)12-19-20(25)24(21(26)27-19)17-7-4-3-5-8-17/h3-13H,1-2H3/b19-12+. The van der Waals surface area contributed by atoms with Gasteiger partial charge in [0.1, 0.15) is 0 Å². The minimum atomic E-state index is -0.289. The van der Waals surface area contributed by atoms with Crippen LogP contribution in [0.1, 0.15) is 17.0 Å². The number of benzene rings is 1. The number of hydrogen-bond acceptors (Lipinski definition) is 4. The molecule has 134 valence electrons. The van der Waals surface area contributed by atoms with Crippen molar-refractivity contribution in [2.45, 2.75) is 13.8 Å². The summed E-state index contributed by atoms with van der Waals surface area (Å²) in [4.78, 5) is 31.0. The summed E-state index contributed by atoms with van der Waals surface area (Å²) in [7, 11) is 0. The first-order valence-electron chi connectivity index (χ1n) is 8.48. The molecule has 27 heavy (non-hydrogen) atoms. The fourth-order valence-electron chi connectivity index (χ4n) is 3.23. The van der Waals surface area contributed by atoms with Crippen molar-refractivity contribution in [3.63, 3.8) is 0 Å². The van der Waals surface area contributed by atoms with E-state index in [9.17, 15) is 9.59 Å². The van der Waals surface area contributed by atoms with Crippen molar-refractivity contribution in [1.82, 2.24) is 9.55 Å². The van der Waals surface area contributed by atoms with Crippen LogP contribution in [0.5, 0.6) is 0 Å². The van der Waals surface area contributed by atoms with Gasteiger partial charge in [-0.2, -0.15) is 0 Å². The fourth-order valence-corrected chi connectivity index (χ4v) is 4.06. The molecule has 4 rings (SSSR count). The number of aryl methyl sites for hydroxylation is 1. The highest BCUT2D eigenvalue weighted by Gasteiger charge is 2.36. The molecule has 1 aliphatic heterocycles. The van der Waals surface area contributed by atoms with E-state index in [1.54, 1.807) is 30.6 Å². The molecule has 0 radical (unpaired) electrons. The molecule has 2 aromatic heterocycles. The molecule has 6 heteroatoms. The molecule has 1 aromatic carbocycles. The van der Waals surface area contributed by atoms with Crippen LogP contribution < -0.4 is 4.90 Å². The van der Waals surface area contributed by atoms with E-state index in [1.807, 2.05) is 50.2 Å². The Morgan fingerprint density at radius 1 is 1.00 bits per heavy atom. The molecule has 3 aromatic rings. The summed E-state index contributed by atoms with van der Waals surface area (Å²) in [6.07, 6.45) is 5.33. The second-order valence-electron chi connectivity index (χ2n) is 6.23. The number of anilines is 1. The Hall–Kier alpha value is -3.12. The highest BCUT2D eigenvalue weighted by atomic mass is 32.2. The lowest BCUT2D eigenvalue weighted by atomic mass is 10.2. The van der Waals surface area contributed by atoms with Crippen molar-refractivity contribution >= 4 is 34.7 Å². The van der Waals surface area contributed by atoms with Gasteiger partial charge in [0, 0.05) is 17.6 Å². The quantitative estimate of drug-likeness (QED) is 0.621. The van der Waals surface area contributed by atoms with Crippen molar-refractivity contribution in [2.24, 2.45) is 0 Å². The number of rotatable bonds is 3. The number of aromatic nitrogens is 2. The monoisotopic (exact) mass is 375 g/mol. The van der Waals surface area contributed by atoms with Gasteiger partial charge in [0.2, 0.25) is 0 Å². The van der Waals surface area contributed by atoms with Crippen LogP contribution in [0.2, 0.25) is 0 Å². The van der Waals surface area contributed by atoms with E-state index in [4.69, 9.17) is 0 Å². The van der Waals surface area contributed by atoms with Gasteiger partial charge in [0.25, 0.3) is 11.1 Å². The number of carbonyl (C=O) groups is 2. The van der Waals surface area contributed by atoms with E-state index in [2.05, 4.69) is 9.55 Å². The molecule has 3 heterocycles. The van der Waals surface area contributed by atoms with Crippen LogP contribution >= 0.6 is 11.8 Å². The van der Waals surface area contributed by atoms with Gasteiger partial charge in [-0.1, -0.05) is 18.2 Å². The Morgan fingerprint density at radius 3 is 2.44 bits per heavy atom. The Morgan fingerprint density at radius 2 is 1.74 bits per heavy atom. The lowest BCUT2D eigenvalue weighted by Crippen LogP contribution is -2.27. The van der Waals surface area contributed by atoms with Crippen LogP contribution in [0.15, 0.2) is 65.8 Å². The van der Waals surface area contributed by atoms with Crippen molar-refractivity contribution in [2.75, 3.05) is 4.90 Å². The van der Waals surface area contributed by atoms with Gasteiger partial charge >= 0.3 is 0 Å². The van der Waals surface area contributed by atoms with E-state index in [0.717, 1.165) is 34.4 Å². The third kappa shape index (κ3) is 3.08. The number of amides is 2. The average Bonchev–Trinajstić information content (AvgIpc) is 3.11. The van der Waals surface area contributed by atoms with E-state index >= 15 is 0 Å². The van der Waals surface area contributed by atoms with Gasteiger partial charge in [-0.3, -0.25) is 14.6 Å². The van der Waals surface area contributed by atoms with Crippen LogP contribution in [0.4, 0.5) is 10.5 Å². The Labute approximate surface area is 161 Å². The van der Waals surface area contributed by atoms with Crippen LogP contribution in [0.3, 0.4) is 0 Å². The first-order valence-corrected chi connectivity index (χ1v) is 9.30. The van der Waals surface area contributed by atoms with Crippen molar-refractivity contribution in [3.05, 3.63) is 82.8 Å². The van der Waals surface area contributed by atoms with E-state index in [-0.39, 0.29) is 11.1 Å². The molecule has 0 aliphatic carbocycles. The minimum absolute atomic E-state index is 0.279. The molecule has 5 nitrogen and oxygen atoms in total. The van der Waals surface area contributed by atoms with Gasteiger partial charge in [-0.15, -0.1) is 0 Å². The van der Waals surface area contributed by atoms with E-state index in [1.165, 1.54) is 4.90 Å². The maximum absolute atomic E-state index is 12.8. The largest absolute Gasteiger partial charge is 0.316 e. The lowest BCUT2D eigenvalue weighted by Gasteiger charge is -2.11. The van der Waals surface area contributed by atoms with Gasteiger partial charge in [-0.25, -0.2) is 4.90 Å². The highest BCUT2D eigenvalue weighted by Crippen LogP contribution is 2.36. The van der Waals surface area contributed by atoms with Gasteiger partial charge in [-0.05, 0) is 67.6 Å². The SMILES string of the molecule is Cc1cc(/C=C2/SC(=O)N(c3ccccc3)C2=O)c(C)n1-c1cccnc1. The smallest absolute Gasteiger partial charge is 0.298 e. The third-order valence-corrected chi connectivity index (χ3v) is 5.34. The molecule has 0 spiro atoms. The van der Waals surface area contributed by atoms with Crippen LogP contribution in [0, 0.1) is 13.8 Å². The van der Waals surface area contributed by atoms with Gasteiger partial charge in [0.05, 0.1) is 22.5 Å². The van der Waals surface area contributed by atoms with Gasteiger partial charge in [0.15, 0.2) is 0 Å². The molecule has 1 aliphatic rings. The molecular weight excluding hydrogens is 358 g/mol. The molecule has 0 N–H and O–H groups in total. The second kappa shape index (κ2) is 6.89. The van der Waals surface area contributed by atoms with Crippen molar-refractivity contribution < 1.29 is 9.59 Å². The summed E-state index contributed by atoms with van der Waals surface area (Å²) >= 11 is 0.968. The fraction of sp³-hybridized carbons (Fsp3) is 0.0952. The predicted molar refractivity (Wildman–Crippen MR) is 108 cm³/mol. The number of hydrogen-bond donors (Lipinski definition) is 0. The first kappa shape index (κ1) is 17.3. The maximum Gasteiger partial charge on any atom is 0.298 e. The number of thioether (sulfide) groups is 1. The van der Waals surface area contributed by atoms with Crippen LogP contribution in [-0.2, 0) is 4.79 Å². The van der Waals surface area contributed by atoms with Crippen molar-refractivity contribution in [3.8, 4) is 5.69 Å². The average molecular weight is 375 g/mol. The number of carbonyl (C=O) groups excluding carboxylic acids is 2. The normalized spacial score (nSPS) is 15.8. The molecule has 0 saturated carbocycles. The zero-order chi connectivity index (χ0) is 19.0.